The first kappa shape index (κ1) is 10.2. The van der Waals surface area contributed by atoms with Crippen LogP contribution in [0.1, 0.15) is 53.4 Å². The van der Waals surface area contributed by atoms with Gasteiger partial charge in [0.1, 0.15) is 5.78 Å². The number of rotatable bonds is 0. The molecular weight excluding hydrogens is 172 g/mol. The van der Waals surface area contributed by atoms with Crippen LogP contribution in [0.15, 0.2) is 0 Å². The Balaban J connectivity index is 2.40. The van der Waals surface area contributed by atoms with E-state index in [4.69, 9.17) is 0 Å². The van der Waals surface area contributed by atoms with Crippen molar-refractivity contribution < 1.29 is 4.79 Å². The molecule has 0 amide bonds. The lowest BCUT2D eigenvalue weighted by molar-refractivity contribution is -0.137. The van der Waals surface area contributed by atoms with E-state index in [-0.39, 0.29) is 11.3 Å². The van der Waals surface area contributed by atoms with Gasteiger partial charge in [0.2, 0.25) is 0 Å². The molecule has 0 N–H and O–H groups in total. The van der Waals surface area contributed by atoms with Gasteiger partial charge < -0.3 is 0 Å². The van der Waals surface area contributed by atoms with Crippen LogP contribution in [0.4, 0.5) is 0 Å². The van der Waals surface area contributed by atoms with E-state index in [0.29, 0.717) is 11.2 Å². The van der Waals surface area contributed by atoms with E-state index in [9.17, 15) is 4.79 Å². The summed E-state index contributed by atoms with van der Waals surface area (Å²) in [5.41, 5.74) is 0.697. The van der Waals surface area contributed by atoms with Gasteiger partial charge in [0.25, 0.3) is 0 Å². The maximum absolute atomic E-state index is 11.8. The van der Waals surface area contributed by atoms with Crippen molar-refractivity contribution in [3.8, 4) is 0 Å². The van der Waals surface area contributed by atoms with E-state index in [1.165, 1.54) is 12.8 Å². The van der Waals surface area contributed by atoms with Crippen molar-refractivity contribution >= 4 is 5.78 Å². The number of hydrogen-bond donors (Lipinski definition) is 0. The second kappa shape index (κ2) is 2.84. The van der Waals surface area contributed by atoms with Crippen molar-refractivity contribution in [2.24, 2.45) is 22.7 Å². The SMILES string of the molecule is C[C@@H]1CC[C@@]2(C)[C@H](C)C(=O)CC[C@@]12C. The second-order valence-corrected chi connectivity index (χ2v) is 5.96. The van der Waals surface area contributed by atoms with Gasteiger partial charge in [-0.05, 0) is 36.0 Å². The van der Waals surface area contributed by atoms with Gasteiger partial charge in [-0.15, -0.1) is 0 Å². The minimum Gasteiger partial charge on any atom is -0.299 e. The fraction of sp³-hybridized carbons (Fsp3) is 0.923. The highest BCUT2D eigenvalue weighted by Gasteiger charge is 2.58. The highest BCUT2D eigenvalue weighted by atomic mass is 16.1. The van der Waals surface area contributed by atoms with Crippen LogP contribution in [0.25, 0.3) is 0 Å². The zero-order chi connectivity index (χ0) is 10.6. The van der Waals surface area contributed by atoms with Gasteiger partial charge >= 0.3 is 0 Å². The molecule has 2 fully saturated rings. The van der Waals surface area contributed by atoms with E-state index in [1.54, 1.807) is 0 Å². The molecule has 0 unspecified atom stereocenters. The normalized spacial score (nSPS) is 53.3. The molecule has 14 heavy (non-hydrogen) atoms. The van der Waals surface area contributed by atoms with Gasteiger partial charge in [-0.3, -0.25) is 4.79 Å². The summed E-state index contributed by atoms with van der Waals surface area (Å²) in [5, 5.41) is 0. The molecule has 4 atom stereocenters. The Bertz CT molecular complexity index is 270. The fourth-order valence-electron chi connectivity index (χ4n) is 3.88. The van der Waals surface area contributed by atoms with E-state index in [1.807, 2.05) is 0 Å². The summed E-state index contributed by atoms with van der Waals surface area (Å²) in [6.07, 6.45) is 4.49. The standard InChI is InChI=1S/C13H22O/c1-9-5-7-13(4)10(2)11(14)6-8-12(9,13)3/h9-10H,5-8H2,1-4H3/t9-,10-,12+,13+/m1/s1. The number of hydrogen-bond acceptors (Lipinski definition) is 1. The summed E-state index contributed by atoms with van der Waals surface area (Å²) in [4.78, 5) is 11.8. The lowest BCUT2D eigenvalue weighted by Gasteiger charge is -2.50. The topological polar surface area (TPSA) is 17.1 Å². The van der Waals surface area contributed by atoms with Crippen LogP contribution in [0.2, 0.25) is 0 Å². The Kier molecular flexibility index (Phi) is 2.06. The fourth-order valence-corrected chi connectivity index (χ4v) is 3.88. The average Bonchev–Trinajstić information content (AvgIpc) is 2.39. The van der Waals surface area contributed by atoms with E-state index in [2.05, 4.69) is 27.7 Å². The van der Waals surface area contributed by atoms with Gasteiger partial charge in [-0.1, -0.05) is 27.7 Å². The van der Waals surface area contributed by atoms with Gasteiger partial charge in [-0.2, -0.15) is 0 Å². The average molecular weight is 194 g/mol. The van der Waals surface area contributed by atoms with Crippen molar-refractivity contribution in [3.63, 3.8) is 0 Å². The predicted octanol–water partition coefficient (Wildman–Crippen LogP) is 3.43. The highest BCUT2D eigenvalue weighted by molar-refractivity contribution is 5.82. The number of carbonyl (C=O) groups is 1. The molecule has 0 bridgehead atoms. The molecule has 0 aromatic heterocycles. The van der Waals surface area contributed by atoms with Crippen LogP contribution in [0.3, 0.4) is 0 Å². The van der Waals surface area contributed by atoms with Crippen molar-refractivity contribution in [3.05, 3.63) is 0 Å². The predicted molar refractivity (Wildman–Crippen MR) is 58.0 cm³/mol. The first-order chi connectivity index (χ1) is 6.42. The molecule has 2 aliphatic rings. The molecular formula is C13H22O. The number of carbonyl (C=O) groups excluding carboxylic acids is 1. The molecule has 0 aromatic rings. The third kappa shape index (κ3) is 0.988. The summed E-state index contributed by atoms with van der Waals surface area (Å²) in [6, 6.07) is 0. The van der Waals surface area contributed by atoms with Crippen molar-refractivity contribution in [2.45, 2.75) is 53.4 Å². The maximum atomic E-state index is 11.8. The van der Waals surface area contributed by atoms with Gasteiger partial charge in [0, 0.05) is 12.3 Å². The zero-order valence-corrected chi connectivity index (χ0v) is 9.89. The Morgan fingerprint density at radius 2 is 1.79 bits per heavy atom. The first-order valence-corrected chi connectivity index (χ1v) is 5.94. The summed E-state index contributed by atoms with van der Waals surface area (Å²) in [7, 11) is 0. The third-order valence-corrected chi connectivity index (χ3v) is 5.82. The second-order valence-electron chi connectivity index (χ2n) is 5.96. The zero-order valence-electron chi connectivity index (χ0n) is 9.89. The van der Waals surface area contributed by atoms with Crippen molar-refractivity contribution in [1.29, 1.82) is 0 Å². The highest BCUT2D eigenvalue weighted by Crippen LogP contribution is 2.64. The molecule has 2 saturated carbocycles. The van der Waals surface area contributed by atoms with Crippen molar-refractivity contribution in [1.82, 2.24) is 0 Å². The Morgan fingerprint density at radius 3 is 2.43 bits per heavy atom. The molecule has 0 radical (unpaired) electrons. The molecule has 2 aliphatic carbocycles. The number of Topliss-reactive ketones (excluding diaryl/α,β-unsaturated/α-hetero) is 1. The Labute approximate surface area is 87.3 Å². The number of fused-ring (bicyclic) bond motifs is 1. The quantitative estimate of drug-likeness (QED) is 0.577. The minimum absolute atomic E-state index is 0.280. The smallest absolute Gasteiger partial charge is 0.136 e. The third-order valence-electron chi connectivity index (χ3n) is 5.82. The molecule has 0 spiro atoms. The van der Waals surface area contributed by atoms with Gasteiger partial charge in [0.05, 0.1) is 0 Å². The van der Waals surface area contributed by atoms with Crippen LogP contribution in [-0.2, 0) is 4.79 Å². The Hall–Kier alpha value is -0.330. The summed E-state index contributed by atoms with van der Waals surface area (Å²) in [5.74, 6) is 1.58. The van der Waals surface area contributed by atoms with E-state index in [0.717, 1.165) is 18.8 Å². The van der Waals surface area contributed by atoms with Crippen LogP contribution in [-0.4, -0.2) is 5.78 Å². The monoisotopic (exact) mass is 194 g/mol. The molecule has 1 nitrogen and oxygen atoms in total. The first-order valence-electron chi connectivity index (χ1n) is 5.94. The van der Waals surface area contributed by atoms with Crippen LogP contribution >= 0.6 is 0 Å². The van der Waals surface area contributed by atoms with E-state index < -0.39 is 0 Å². The Morgan fingerprint density at radius 1 is 1.14 bits per heavy atom. The summed E-state index contributed by atoms with van der Waals surface area (Å²) in [6.45, 7) is 9.28. The lowest BCUT2D eigenvalue weighted by Crippen LogP contribution is -2.47. The van der Waals surface area contributed by atoms with Gasteiger partial charge in [-0.25, -0.2) is 0 Å². The minimum atomic E-state index is 0.280. The maximum Gasteiger partial charge on any atom is 0.136 e. The van der Waals surface area contributed by atoms with Crippen LogP contribution < -0.4 is 0 Å². The lowest BCUT2D eigenvalue weighted by atomic mass is 9.53. The molecule has 80 valence electrons. The molecule has 0 aliphatic heterocycles. The molecule has 2 rings (SSSR count). The van der Waals surface area contributed by atoms with E-state index >= 15 is 0 Å². The molecule has 0 aromatic carbocycles. The molecule has 0 saturated heterocycles. The van der Waals surface area contributed by atoms with Gasteiger partial charge in [0.15, 0.2) is 0 Å². The van der Waals surface area contributed by atoms with Crippen LogP contribution in [0.5, 0.6) is 0 Å². The molecule has 0 heterocycles. The summed E-state index contributed by atoms with van der Waals surface area (Å²) >= 11 is 0. The summed E-state index contributed by atoms with van der Waals surface area (Å²) < 4.78 is 0. The van der Waals surface area contributed by atoms with Crippen LogP contribution in [0, 0.1) is 22.7 Å². The largest absolute Gasteiger partial charge is 0.299 e. The number of ketones is 1. The molecule has 1 heteroatoms. The van der Waals surface area contributed by atoms with Crippen molar-refractivity contribution in [2.75, 3.05) is 0 Å².